The molecule has 0 aromatic heterocycles. The molecule has 88 valence electrons. The highest BCUT2D eigenvalue weighted by Gasteiger charge is 2.46. The van der Waals surface area contributed by atoms with Crippen LogP contribution in [0.5, 0.6) is 0 Å². The Bertz CT molecular complexity index is 226. The van der Waals surface area contributed by atoms with Gasteiger partial charge in [-0.2, -0.15) is 13.2 Å². The number of halogens is 3. The van der Waals surface area contributed by atoms with Crippen LogP contribution in [0, 0.1) is 11.8 Å². The molecular formula is C11H17F3O. The van der Waals surface area contributed by atoms with E-state index in [-0.39, 0.29) is 31.0 Å². The van der Waals surface area contributed by atoms with Gasteiger partial charge in [0.05, 0.1) is 18.1 Å². The standard InChI is InChI=1S/C11H17F3O/c1-7-2-3-8-6-9(11(12,13)14)4-5-10(8)15-7/h7-10H,2-6H2,1H3. The Hall–Kier alpha value is -0.250. The van der Waals surface area contributed by atoms with Gasteiger partial charge in [-0.25, -0.2) is 0 Å². The second-order valence-corrected chi connectivity index (χ2v) is 4.87. The van der Waals surface area contributed by atoms with Crippen LogP contribution in [0.4, 0.5) is 13.2 Å². The maximum absolute atomic E-state index is 12.5. The van der Waals surface area contributed by atoms with Crippen molar-refractivity contribution in [1.29, 1.82) is 0 Å². The average Bonchev–Trinajstić information content (AvgIpc) is 2.15. The van der Waals surface area contributed by atoms with E-state index in [1.807, 2.05) is 6.92 Å². The number of rotatable bonds is 0. The summed E-state index contributed by atoms with van der Waals surface area (Å²) in [5.41, 5.74) is 0. The van der Waals surface area contributed by atoms with Crippen LogP contribution >= 0.6 is 0 Å². The fourth-order valence-corrected chi connectivity index (χ4v) is 2.83. The van der Waals surface area contributed by atoms with Gasteiger partial charge in [0.25, 0.3) is 0 Å². The fraction of sp³-hybridized carbons (Fsp3) is 1.00. The first-order chi connectivity index (χ1) is 6.97. The number of alkyl halides is 3. The maximum atomic E-state index is 12.5. The molecule has 0 amide bonds. The summed E-state index contributed by atoms with van der Waals surface area (Å²) in [6.07, 6.45) is -0.767. The summed E-state index contributed by atoms with van der Waals surface area (Å²) in [5, 5.41) is 0. The molecule has 0 bridgehead atoms. The normalized spacial score (nSPS) is 42.4. The molecule has 0 aromatic carbocycles. The molecule has 1 saturated carbocycles. The summed E-state index contributed by atoms with van der Waals surface area (Å²) in [6, 6.07) is 0. The van der Waals surface area contributed by atoms with Crippen LogP contribution in [-0.4, -0.2) is 18.4 Å². The van der Waals surface area contributed by atoms with Crippen molar-refractivity contribution in [2.24, 2.45) is 11.8 Å². The molecule has 1 aliphatic carbocycles. The van der Waals surface area contributed by atoms with E-state index in [0.29, 0.717) is 6.42 Å². The van der Waals surface area contributed by atoms with Crippen molar-refractivity contribution in [3.63, 3.8) is 0 Å². The van der Waals surface area contributed by atoms with E-state index in [4.69, 9.17) is 4.74 Å². The topological polar surface area (TPSA) is 9.23 Å². The largest absolute Gasteiger partial charge is 0.391 e. The van der Waals surface area contributed by atoms with Gasteiger partial charge in [0.15, 0.2) is 0 Å². The van der Waals surface area contributed by atoms with Crippen LogP contribution in [0.25, 0.3) is 0 Å². The zero-order chi connectivity index (χ0) is 11.1. The highest BCUT2D eigenvalue weighted by molar-refractivity contribution is 4.87. The van der Waals surface area contributed by atoms with Gasteiger partial charge in [0.2, 0.25) is 0 Å². The predicted octanol–water partition coefficient (Wildman–Crippen LogP) is 3.53. The number of hydrogen-bond acceptors (Lipinski definition) is 1. The Balaban J connectivity index is 1.95. The third kappa shape index (κ3) is 2.47. The smallest absolute Gasteiger partial charge is 0.375 e. The Morgan fingerprint density at radius 1 is 1.07 bits per heavy atom. The van der Waals surface area contributed by atoms with Gasteiger partial charge in [0.1, 0.15) is 0 Å². The van der Waals surface area contributed by atoms with Crippen molar-refractivity contribution < 1.29 is 17.9 Å². The molecule has 1 saturated heterocycles. The first-order valence-corrected chi connectivity index (χ1v) is 5.69. The summed E-state index contributed by atoms with van der Waals surface area (Å²) in [4.78, 5) is 0. The molecule has 2 fully saturated rings. The molecule has 4 unspecified atom stereocenters. The molecule has 4 atom stereocenters. The van der Waals surface area contributed by atoms with Crippen molar-refractivity contribution in [1.82, 2.24) is 0 Å². The lowest BCUT2D eigenvalue weighted by molar-refractivity contribution is -0.202. The zero-order valence-corrected chi connectivity index (χ0v) is 8.89. The van der Waals surface area contributed by atoms with Gasteiger partial charge < -0.3 is 4.74 Å². The van der Waals surface area contributed by atoms with Gasteiger partial charge in [-0.05, 0) is 44.9 Å². The molecule has 0 N–H and O–H groups in total. The Morgan fingerprint density at radius 2 is 1.80 bits per heavy atom. The molecule has 2 rings (SSSR count). The quantitative estimate of drug-likeness (QED) is 0.609. The minimum Gasteiger partial charge on any atom is -0.375 e. The van der Waals surface area contributed by atoms with Crippen molar-refractivity contribution in [2.45, 2.75) is 57.4 Å². The van der Waals surface area contributed by atoms with Crippen LogP contribution in [0.15, 0.2) is 0 Å². The highest BCUT2D eigenvalue weighted by Crippen LogP contribution is 2.44. The number of hydrogen-bond donors (Lipinski definition) is 0. The minimum atomic E-state index is -4.01. The summed E-state index contributed by atoms with van der Waals surface area (Å²) >= 11 is 0. The molecule has 1 aliphatic heterocycles. The van der Waals surface area contributed by atoms with E-state index in [9.17, 15) is 13.2 Å². The fourth-order valence-electron chi connectivity index (χ4n) is 2.83. The summed E-state index contributed by atoms with van der Waals surface area (Å²) in [6.45, 7) is 2.01. The SMILES string of the molecule is CC1CCC2CC(C(F)(F)F)CCC2O1. The van der Waals surface area contributed by atoms with Gasteiger partial charge in [-0.3, -0.25) is 0 Å². The summed E-state index contributed by atoms with van der Waals surface area (Å²) in [7, 11) is 0. The third-order valence-corrected chi connectivity index (χ3v) is 3.73. The molecule has 1 heterocycles. The van der Waals surface area contributed by atoms with E-state index in [1.165, 1.54) is 0 Å². The van der Waals surface area contributed by atoms with E-state index in [0.717, 1.165) is 12.8 Å². The van der Waals surface area contributed by atoms with Gasteiger partial charge in [-0.1, -0.05) is 0 Å². The lowest BCUT2D eigenvalue weighted by atomic mass is 9.75. The molecule has 0 aromatic rings. The summed E-state index contributed by atoms with van der Waals surface area (Å²) in [5.74, 6) is -0.947. The van der Waals surface area contributed by atoms with E-state index in [2.05, 4.69) is 0 Å². The summed E-state index contributed by atoms with van der Waals surface area (Å²) < 4.78 is 43.3. The molecule has 4 heteroatoms. The molecule has 1 nitrogen and oxygen atoms in total. The molecule has 0 spiro atoms. The maximum Gasteiger partial charge on any atom is 0.391 e. The van der Waals surface area contributed by atoms with Crippen molar-refractivity contribution in [2.75, 3.05) is 0 Å². The van der Waals surface area contributed by atoms with E-state index < -0.39 is 12.1 Å². The Kier molecular flexibility index (Phi) is 2.97. The Morgan fingerprint density at radius 3 is 2.47 bits per heavy atom. The van der Waals surface area contributed by atoms with Crippen molar-refractivity contribution in [3.8, 4) is 0 Å². The zero-order valence-electron chi connectivity index (χ0n) is 8.89. The number of fused-ring (bicyclic) bond motifs is 1. The average molecular weight is 222 g/mol. The van der Waals surface area contributed by atoms with Crippen LogP contribution in [-0.2, 0) is 4.74 Å². The van der Waals surface area contributed by atoms with Gasteiger partial charge in [-0.15, -0.1) is 0 Å². The van der Waals surface area contributed by atoms with Crippen LogP contribution in [0.2, 0.25) is 0 Å². The molecule has 15 heavy (non-hydrogen) atoms. The first-order valence-electron chi connectivity index (χ1n) is 5.69. The molecule has 2 aliphatic rings. The highest BCUT2D eigenvalue weighted by atomic mass is 19.4. The van der Waals surface area contributed by atoms with Crippen LogP contribution < -0.4 is 0 Å². The van der Waals surface area contributed by atoms with E-state index >= 15 is 0 Å². The Labute approximate surface area is 88.0 Å². The van der Waals surface area contributed by atoms with Gasteiger partial charge >= 0.3 is 6.18 Å². The predicted molar refractivity (Wildman–Crippen MR) is 50.5 cm³/mol. The van der Waals surface area contributed by atoms with Crippen molar-refractivity contribution in [3.05, 3.63) is 0 Å². The van der Waals surface area contributed by atoms with Crippen LogP contribution in [0.1, 0.15) is 39.0 Å². The first kappa shape index (κ1) is 11.2. The molecular weight excluding hydrogens is 205 g/mol. The van der Waals surface area contributed by atoms with Crippen LogP contribution in [0.3, 0.4) is 0 Å². The van der Waals surface area contributed by atoms with E-state index in [1.54, 1.807) is 0 Å². The number of ether oxygens (including phenoxy) is 1. The minimum absolute atomic E-state index is 0.0901. The second-order valence-electron chi connectivity index (χ2n) is 4.87. The van der Waals surface area contributed by atoms with Crippen molar-refractivity contribution >= 4 is 0 Å². The molecule has 0 radical (unpaired) electrons. The third-order valence-electron chi connectivity index (χ3n) is 3.73. The lowest BCUT2D eigenvalue weighted by Crippen LogP contribution is -2.41. The van der Waals surface area contributed by atoms with Gasteiger partial charge in [0, 0.05) is 0 Å². The monoisotopic (exact) mass is 222 g/mol. The lowest BCUT2D eigenvalue weighted by Gasteiger charge is -2.41. The second kappa shape index (κ2) is 3.96.